The fourth-order valence-corrected chi connectivity index (χ4v) is 1.62. The summed E-state index contributed by atoms with van der Waals surface area (Å²) in [5.41, 5.74) is 1.13. The van der Waals surface area contributed by atoms with Gasteiger partial charge in [0.25, 0.3) is 5.69 Å². The minimum atomic E-state index is -0.470. The predicted molar refractivity (Wildman–Crippen MR) is 63.8 cm³/mol. The van der Waals surface area contributed by atoms with Gasteiger partial charge >= 0.3 is 0 Å². The van der Waals surface area contributed by atoms with Crippen LogP contribution < -0.4 is 0 Å². The van der Waals surface area contributed by atoms with Gasteiger partial charge in [-0.25, -0.2) is 0 Å². The number of nitrogens with zero attached hydrogens (tertiary/aromatic N) is 2. The van der Waals surface area contributed by atoms with Gasteiger partial charge in [-0.05, 0) is 18.9 Å². The first-order chi connectivity index (χ1) is 7.90. The molecule has 0 spiro atoms. The molecule has 1 heterocycles. The van der Waals surface area contributed by atoms with Crippen LogP contribution in [0.25, 0.3) is 0 Å². The van der Waals surface area contributed by atoms with Crippen LogP contribution in [0.4, 0.5) is 5.69 Å². The lowest BCUT2D eigenvalue weighted by molar-refractivity contribution is -0.385. The number of Topliss-reactive ketones (excluding diaryl/α,β-unsaturated/α-hetero) is 1. The molecule has 0 aliphatic heterocycles. The average Bonchev–Trinajstić information content (AvgIpc) is 2.15. The Morgan fingerprint density at radius 2 is 2.18 bits per heavy atom. The van der Waals surface area contributed by atoms with E-state index >= 15 is 0 Å². The average molecular weight is 236 g/mol. The van der Waals surface area contributed by atoms with Crippen molar-refractivity contribution in [2.45, 2.75) is 33.6 Å². The third kappa shape index (κ3) is 3.94. The number of carbonyl (C=O) groups is 1. The van der Waals surface area contributed by atoms with Crippen molar-refractivity contribution in [3.05, 3.63) is 33.6 Å². The number of aryl methyl sites for hydroxylation is 1. The van der Waals surface area contributed by atoms with Gasteiger partial charge < -0.3 is 0 Å². The third-order valence-electron chi connectivity index (χ3n) is 2.35. The lowest BCUT2D eigenvalue weighted by Crippen LogP contribution is -2.08. The summed E-state index contributed by atoms with van der Waals surface area (Å²) >= 11 is 0. The Balaban J connectivity index is 2.77. The second-order valence-electron chi connectivity index (χ2n) is 4.53. The first-order valence-corrected chi connectivity index (χ1v) is 5.51. The smallest absolute Gasteiger partial charge is 0.290 e. The van der Waals surface area contributed by atoms with E-state index in [-0.39, 0.29) is 17.9 Å². The van der Waals surface area contributed by atoms with Gasteiger partial charge in [-0.3, -0.25) is 19.9 Å². The number of hydrogen-bond acceptors (Lipinski definition) is 4. The quantitative estimate of drug-likeness (QED) is 0.581. The number of ketones is 1. The second-order valence-corrected chi connectivity index (χ2v) is 4.53. The van der Waals surface area contributed by atoms with Gasteiger partial charge in [0, 0.05) is 24.1 Å². The maximum absolute atomic E-state index is 11.6. The maximum Gasteiger partial charge on any atom is 0.290 e. The molecule has 0 saturated heterocycles. The SMILES string of the molecule is Cc1cc(CC(=O)CC(C)C)ncc1[N+](=O)[O-]. The van der Waals surface area contributed by atoms with Crippen LogP contribution >= 0.6 is 0 Å². The summed E-state index contributed by atoms with van der Waals surface area (Å²) < 4.78 is 0. The molecule has 0 saturated carbocycles. The Hall–Kier alpha value is -1.78. The number of pyridine rings is 1. The van der Waals surface area contributed by atoms with Gasteiger partial charge in [-0.1, -0.05) is 13.8 Å². The number of aromatic nitrogens is 1. The van der Waals surface area contributed by atoms with Crippen LogP contribution in [-0.4, -0.2) is 15.7 Å². The van der Waals surface area contributed by atoms with Crippen molar-refractivity contribution in [1.82, 2.24) is 4.98 Å². The molecule has 1 aromatic heterocycles. The molecule has 1 rings (SSSR count). The summed E-state index contributed by atoms with van der Waals surface area (Å²) in [5.74, 6) is 0.433. The highest BCUT2D eigenvalue weighted by molar-refractivity contribution is 5.80. The van der Waals surface area contributed by atoms with E-state index in [0.717, 1.165) is 0 Å². The van der Waals surface area contributed by atoms with Crippen LogP contribution in [0.1, 0.15) is 31.5 Å². The lowest BCUT2D eigenvalue weighted by Gasteiger charge is -2.04. The molecule has 1 aromatic rings. The monoisotopic (exact) mass is 236 g/mol. The van der Waals surface area contributed by atoms with E-state index in [2.05, 4.69) is 4.98 Å². The van der Waals surface area contributed by atoms with Gasteiger partial charge in [0.2, 0.25) is 0 Å². The van der Waals surface area contributed by atoms with E-state index in [1.54, 1.807) is 13.0 Å². The Morgan fingerprint density at radius 1 is 1.53 bits per heavy atom. The second kappa shape index (κ2) is 5.52. The van der Waals surface area contributed by atoms with Crippen molar-refractivity contribution in [2.24, 2.45) is 5.92 Å². The van der Waals surface area contributed by atoms with Crippen molar-refractivity contribution in [3.63, 3.8) is 0 Å². The van der Waals surface area contributed by atoms with E-state index < -0.39 is 4.92 Å². The number of carbonyl (C=O) groups excluding carboxylic acids is 1. The van der Waals surface area contributed by atoms with Crippen LogP contribution in [0, 0.1) is 23.0 Å². The molecule has 0 N–H and O–H groups in total. The summed E-state index contributed by atoms with van der Waals surface area (Å²) in [4.78, 5) is 25.7. The predicted octanol–water partition coefficient (Wildman–Crippen LogP) is 2.46. The molecule has 0 bridgehead atoms. The fraction of sp³-hybridized carbons (Fsp3) is 0.500. The Bertz CT molecular complexity index is 441. The molecular weight excluding hydrogens is 220 g/mol. The molecule has 17 heavy (non-hydrogen) atoms. The molecule has 0 aliphatic carbocycles. The topological polar surface area (TPSA) is 73.1 Å². The normalized spacial score (nSPS) is 10.6. The summed E-state index contributed by atoms with van der Waals surface area (Å²) in [5, 5.41) is 10.6. The molecule has 0 amide bonds. The minimum Gasteiger partial charge on any atom is -0.299 e. The zero-order valence-electron chi connectivity index (χ0n) is 10.3. The Labute approximate surface area is 100 Å². The fourth-order valence-electron chi connectivity index (χ4n) is 1.62. The zero-order chi connectivity index (χ0) is 13.0. The van der Waals surface area contributed by atoms with Crippen molar-refractivity contribution in [3.8, 4) is 0 Å². The highest BCUT2D eigenvalue weighted by Crippen LogP contribution is 2.17. The van der Waals surface area contributed by atoms with Gasteiger partial charge in [-0.2, -0.15) is 0 Å². The first kappa shape index (κ1) is 13.3. The van der Waals surface area contributed by atoms with Crippen molar-refractivity contribution < 1.29 is 9.72 Å². The third-order valence-corrected chi connectivity index (χ3v) is 2.35. The highest BCUT2D eigenvalue weighted by Gasteiger charge is 2.13. The van der Waals surface area contributed by atoms with Gasteiger partial charge in [0.15, 0.2) is 0 Å². The largest absolute Gasteiger partial charge is 0.299 e. The van der Waals surface area contributed by atoms with E-state index in [9.17, 15) is 14.9 Å². The summed E-state index contributed by atoms with van der Waals surface area (Å²) in [6.45, 7) is 5.61. The summed E-state index contributed by atoms with van der Waals surface area (Å²) in [6, 6.07) is 1.61. The molecule has 0 radical (unpaired) electrons. The first-order valence-electron chi connectivity index (χ1n) is 5.51. The molecule has 0 aliphatic rings. The number of rotatable bonds is 5. The zero-order valence-corrected chi connectivity index (χ0v) is 10.3. The molecule has 0 atom stereocenters. The maximum atomic E-state index is 11.6. The van der Waals surface area contributed by atoms with E-state index in [1.165, 1.54) is 6.20 Å². The van der Waals surface area contributed by atoms with Crippen molar-refractivity contribution in [1.29, 1.82) is 0 Å². The van der Waals surface area contributed by atoms with Crippen molar-refractivity contribution in [2.75, 3.05) is 0 Å². The molecule has 5 heteroatoms. The van der Waals surface area contributed by atoms with Crippen LogP contribution in [0.15, 0.2) is 12.3 Å². The minimum absolute atomic E-state index is 0.00921. The Kier molecular flexibility index (Phi) is 4.31. The highest BCUT2D eigenvalue weighted by atomic mass is 16.6. The van der Waals surface area contributed by atoms with E-state index in [4.69, 9.17) is 0 Å². The van der Waals surface area contributed by atoms with E-state index in [0.29, 0.717) is 23.6 Å². The van der Waals surface area contributed by atoms with Gasteiger partial charge in [0.1, 0.15) is 12.0 Å². The lowest BCUT2D eigenvalue weighted by atomic mass is 10.0. The summed E-state index contributed by atoms with van der Waals surface area (Å²) in [7, 11) is 0. The molecule has 0 unspecified atom stereocenters. The Morgan fingerprint density at radius 3 is 2.65 bits per heavy atom. The molecule has 92 valence electrons. The van der Waals surface area contributed by atoms with Gasteiger partial charge in [0.05, 0.1) is 4.92 Å². The van der Waals surface area contributed by atoms with Crippen molar-refractivity contribution >= 4 is 11.5 Å². The van der Waals surface area contributed by atoms with E-state index in [1.807, 2.05) is 13.8 Å². The van der Waals surface area contributed by atoms with Crippen LogP contribution in [0.2, 0.25) is 0 Å². The standard InChI is InChI=1S/C12H16N2O3/c1-8(2)4-11(15)6-10-5-9(3)12(7-13-10)14(16)17/h5,7-8H,4,6H2,1-3H3. The number of hydrogen-bond donors (Lipinski definition) is 0. The molecule has 0 aromatic carbocycles. The van der Waals surface area contributed by atoms with Crippen LogP contribution in [0.5, 0.6) is 0 Å². The number of nitro groups is 1. The molecule has 0 fully saturated rings. The van der Waals surface area contributed by atoms with Crippen LogP contribution in [-0.2, 0) is 11.2 Å². The van der Waals surface area contributed by atoms with Crippen LogP contribution in [0.3, 0.4) is 0 Å². The van der Waals surface area contributed by atoms with Gasteiger partial charge in [-0.15, -0.1) is 0 Å². The summed E-state index contributed by atoms with van der Waals surface area (Å²) in [6.07, 6.45) is 1.97. The molecular formula is C12H16N2O3. The molecule has 5 nitrogen and oxygen atoms in total.